The van der Waals surface area contributed by atoms with E-state index in [0.29, 0.717) is 5.95 Å². The second kappa shape index (κ2) is 3.18. The number of aromatic nitrogens is 3. The van der Waals surface area contributed by atoms with Gasteiger partial charge in [0, 0.05) is 6.20 Å². The zero-order valence-electron chi connectivity index (χ0n) is 6.68. The van der Waals surface area contributed by atoms with Crippen molar-refractivity contribution in [3.05, 3.63) is 35.3 Å². The Labute approximate surface area is 83.6 Å². The molecule has 2 N–H and O–H groups in total. The maximum absolute atomic E-state index is 5.67. The van der Waals surface area contributed by atoms with Crippen LogP contribution >= 0.6 is 15.9 Å². The molecule has 2 aromatic heterocycles. The topological polar surface area (TPSA) is 56.7 Å². The Morgan fingerprint density at radius 2 is 2.23 bits per heavy atom. The highest BCUT2D eigenvalue weighted by atomic mass is 79.9. The van der Waals surface area contributed by atoms with Crippen LogP contribution in [0.2, 0.25) is 0 Å². The summed E-state index contributed by atoms with van der Waals surface area (Å²) in [7, 11) is 0. The molecule has 0 bridgehead atoms. The molecule has 4 nitrogen and oxygen atoms in total. The van der Waals surface area contributed by atoms with Crippen LogP contribution in [0.3, 0.4) is 0 Å². The highest BCUT2D eigenvalue weighted by Gasteiger charge is 2.05. The van der Waals surface area contributed by atoms with Gasteiger partial charge in [0.25, 0.3) is 0 Å². The number of nitrogens with two attached hydrogens (primary N) is 1. The van der Waals surface area contributed by atoms with Crippen molar-refractivity contribution in [2.75, 3.05) is 5.73 Å². The Balaban J connectivity index is 2.59. The predicted octanol–water partition coefficient (Wildman–Crippen LogP) is 1.61. The molecule has 0 aliphatic heterocycles. The number of hydrogen-bond acceptors (Lipinski definition) is 3. The molecule has 0 aliphatic rings. The average Bonchev–Trinajstić information content (AvgIpc) is 2.48. The van der Waals surface area contributed by atoms with E-state index >= 15 is 0 Å². The lowest BCUT2D eigenvalue weighted by molar-refractivity contribution is 1.03. The van der Waals surface area contributed by atoms with Crippen LogP contribution in [0.25, 0.3) is 5.69 Å². The van der Waals surface area contributed by atoms with Crippen LogP contribution in [-0.2, 0) is 0 Å². The quantitative estimate of drug-likeness (QED) is 0.822. The van der Waals surface area contributed by atoms with E-state index in [9.17, 15) is 0 Å². The van der Waals surface area contributed by atoms with Gasteiger partial charge in [-0.1, -0.05) is 0 Å². The molecule has 0 aliphatic carbocycles. The molecule has 0 radical (unpaired) electrons. The van der Waals surface area contributed by atoms with E-state index in [-0.39, 0.29) is 0 Å². The lowest BCUT2D eigenvalue weighted by Gasteiger charge is -2.04. The minimum absolute atomic E-state index is 0.444. The molecule has 0 atom stereocenters. The maximum atomic E-state index is 5.67. The van der Waals surface area contributed by atoms with Crippen molar-refractivity contribution in [1.29, 1.82) is 0 Å². The molecule has 0 fully saturated rings. The Morgan fingerprint density at radius 1 is 1.38 bits per heavy atom. The maximum Gasteiger partial charge on any atom is 0.205 e. The summed E-state index contributed by atoms with van der Waals surface area (Å²) >= 11 is 3.35. The first-order chi connectivity index (χ1) is 6.29. The minimum Gasteiger partial charge on any atom is -0.369 e. The van der Waals surface area contributed by atoms with E-state index < -0.39 is 0 Å². The lowest BCUT2D eigenvalue weighted by Crippen LogP contribution is -2.00. The van der Waals surface area contributed by atoms with Crippen molar-refractivity contribution >= 4 is 21.9 Å². The van der Waals surface area contributed by atoms with E-state index in [1.54, 1.807) is 23.2 Å². The van der Waals surface area contributed by atoms with Gasteiger partial charge in [0.15, 0.2) is 0 Å². The van der Waals surface area contributed by atoms with E-state index in [0.717, 1.165) is 10.3 Å². The summed E-state index contributed by atoms with van der Waals surface area (Å²) in [6, 6.07) is 3.76. The van der Waals surface area contributed by atoms with Crippen molar-refractivity contribution in [3.8, 4) is 5.69 Å². The molecule has 66 valence electrons. The molecule has 2 rings (SSSR count). The zero-order chi connectivity index (χ0) is 9.26. The van der Waals surface area contributed by atoms with E-state index in [2.05, 4.69) is 25.9 Å². The second-order valence-corrected chi connectivity index (χ2v) is 3.30. The third kappa shape index (κ3) is 1.42. The number of halogens is 1. The molecular formula is C8H7BrN4. The molecule has 5 heteroatoms. The van der Waals surface area contributed by atoms with Crippen molar-refractivity contribution in [2.45, 2.75) is 0 Å². The summed E-state index contributed by atoms with van der Waals surface area (Å²) in [5.41, 5.74) is 6.56. The van der Waals surface area contributed by atoms with Crippen LogP contribution in [0.5, 0.6) is 0 Å². The van der Waals surface area contributed by atoms with Crippen LogP contribution in [0, 0.1) is 0 Å². The number of rotatable bonds is 1. The number of nitrogens with zero attached hydrogens (tertiary/aromatic N) is 3. The molecule has 2 aromatic rings. The smallest absolute Gasteiger partial charge is 0.205 e. The van der Waals surface area contributed by atoms with E-state index in [1.165, 1.54) is 0 Å². The molecule has 13 heavy (non-hydrogen) atoms. The van der Waals surface area contributed by atoms with Gasteiger partial charge in [-0.15, -0.1) is 0 Å². The third-order valence-electron chi connectivity index (χ3n) is 1.65. The van der Waals surface area contributed by atoms with Crippen LogP contribution in [0.1, 0.15) is 0 Å². The average molecular weight is 239 g/mol. The highest BCUT2D eigenvalue weighted by molar-refractivity contribution is 9.10. The SMILES string of the molecule is Nc1ncc(Br)n1-c1cccnc1. The van der Waals surface area contributed by atoms with Crippen molar-refractivity contribution < 1.29 is 0 Å². The van der Waals surface area contributed by atoms with Gasteiger partial charge in [-0.2, -0.15) is 0 Å². The number of pyridine rings is 1. The molecule has 0 spiro atoms. The predicted molar refractivity (Wildman–Crippen MR) is 53.5 cm³/mol. The summed E-state index contributed by atoms with van der Waals surface area (Å²) in [5, 5.41) is 0. The number of imidazole rings is 1. The fourth-order valence-corrected chi connectivity index (χ4v) is 1.57. The number of anilines is 1. The molecule has 0 unspecified atom stereocenters. The third-order valence-corrected chi connectivity index (χ3v) is 2.21. The molecule has 0 aromatic carbocycles. The van der Waals surface area contributed by atoms with Crippen LogP contribution in [0.4, 0.5) is 5.95 Å². The Kier molecular flexibility index (Phi) is 2.02. The van der Waals surface area contributed by atoms with Gasteiger partial charge in [-0.3, -0.25) is 9.55 Å². The Bertz CT molecular complexity index is 390. The molecule has 0 saturated carbocycles. The lowest BCUT2D eigenvalue weighted by atomic mass is 10.4. The van der Waals surface area contributed by atoms with Gasteiger partial charge < -0.3 is 5.73 Å². The van der Waals surface area contributed by atoms with E-state index in [4.69, 9.17) is 5.73 Å². The monoisotopic (exact) mass is 238 g/mol. The van der Waals surface area contributed by atoms with Crippen LogP contribution in [0.15, 0.2) is 35.3 Å². The van der Waals surface area contributed by atoms with Crippen molar-refractivity contribution in [2.24, 2.45) is 0 Å². The number of hydrogen-bond donors (Lipinski definition) is 1. The summed E-state index contributed by atoms with van der Waals surface area (Å²) in [5.74, 6) is 0.444. The van der Waals surface area contributed by atoms with Gasteiger partial charge in [-0.25, -0.2) is 4.98 Å². The van der Waals surface area contributed by atoms with Gasteiger partial charge in [0.05, 0.1) is 18.1 Å². The van der Waals surface area contributed by atoms with Crippen molar-refractivity contribution in [3.63, 3.8) is 0 Å². The fourth-order valence-electron chi connectivity index (χ4n) is 1.09. The van der Waals surface area contributed by atoms with Gasteiger partial charge in [-0.05, 0) is 28.1 Å². The highest BCUT2D eigenvalue weighted by Crippen LogP contribution is 2.19. The minimum atomic E-state index is 0.444. The fraction of sp³-hybridized carbons (Fsp3) is 0. The van der Waals surface area contributed by atoms with Gasteiger partial charge in [0.2, 0.25) is 5.95 Å². The zero-order valence-corrected chi connectivity index (χ0v) is 8.27. The normalized spacial score (nSPS) is 10.2. The van der Waals surface area contributed by atoms with Gasteiger partial charge >= 0.3 is 0 Å². The summed E-state index contributed by atoms with van der Waals surface area (Å²) in [6.45, 7) is 0. The summed E-state index contributed by atoms with van der Waals surface area (Å²) in [4.78, 5) is 7.96. The van der Waals surface area contributed by atoms with Crippen molar-refractivity contribution in [1.82, 2.24) is 14.5 Å². The second-order valence-electron chi connectivity index (χ2n) is 2.49. The largest absolute Gasteiger partial charge is 0.369 e. The molecule has 2 heterocycles. The first-order valence-corrected chi connectivity index (χ1v) is 4.47. The summed E-state index contributed by atoms with van der Waals surface area (Å²) < 4.78 is 2.59. The van der Waals surface area contributed by atoms with E-state index in [1.807, 2.05) is 12.1 Å². The van der Waals surface area contributed by atoms with Gasteiger partial charge in [0.1, 0.15) is 4.60 Å². The van der Waals surface area contributed by atoms with Crippen LogP contribution < -0.4 is 5.73 Å². The first kappa shape index (κ1) is 8.25. The first-order valence-electron chi connectivity index (χ1n) is 3.68. The standard InChI is InChI=1S/C8H7BrN4/c9-7-5-12-8(10)13(7)6-2-1-3-11-4-6/h1-5H,(H2,10,12). The molecule has 0 saturated heterocycles. The molecular weight excluding hydrogens is 232 g/mol. The summed E-state index contributed by atoms with van der Waals surface area (Å²) in [6.07, 6.45) is 5.09. The Hall–Kier alpha value is -1.36. The Morgan fingerprint density at radius 3 is 2.77 bits per heavy atom. The van der Waals surface area contributed by atoms with Crippen LogP contribution in [-0.4, -0.2) is 14.5 Å². The number of nitrogen functional groups attached to an aromatic ring is 1. The molecule has 0 amide bonds.